The van der Waals surface area contributed by atoms with E-state index in [2.05, 4.69) is 11.2 Å². The number of rotatable bonds is 4. The van der Waals surface area contributed by atoms with Crippen LogP contribution in [0.25, 0.3) is 10.7 Å². The Kier molecular flexibility index (Phi) is 3.36. The summed E-state index contributed by atoms with van der Waals surface area (Å²) in [4.78, 5) is 13.7. The number of hydrogen-bond acceptors (Lipinski definition) is 4. The molecular formula is C17H14N4OS. The van der Waals surface area contributed by atoms with Crippen LogP contribution in [-0.2, 0) is 6.54 Å². The standard InChI is InChI=1S/C17H14N4OS/c18-10-12-3-5-13(6-4-12)11-20-17(22)21(14-7-8-14)16(19-20)15-2-1-9-23-15/h1-6,9,14H,7-8,11H2. The van der Waals surface area contributed by atoms with Gasteiger partial charge in [0, 0.05) is 6.04 Å². The van der Waals surface area contributed by atoms with Gasteiger partial charge in [0.15, 0.2) is 5.82 Å². The summed E-state index contributed by atoms with van der Waals surface area (Å²) in [7, 11) is 0. The molecule has 0 spiro atoms. The SMILES string of the molecule is N#Cc1ccc(Cn2nc(-c3cccs3)n(C3CC3)c2=O)cc1. The van der Waals surface area contributed by atoms with E-state index < -0.39 is 0 Å². The molecule has 0 bridgehead atoms. The molecule has 3 aromatic rings. The molecule has 4 rings (SSSR count). The Balaban J connectivity index is 1.73. The molecule has 0 unspecified atom stereocenters. The number of nitriles is 1. The normalized spacial score (nSPS) is 13.9. The first kappa shape index (κ1) is 14.0. The van der Waals surface area contributed by atoms with Gasteiger partial charge >= 0.3 is 5.69 Å². The Bertz CT molecular complexity index is 925. The molecule has 2 heterocycles. The van der Waals surface area contributed by atoms with E-state index in [1.807, 2.05) is 34.2 Å². The summed E-state index contributed by atoms with van der Waals surface area (Å²) in [6, 6.07) is 13.6. The van der Waals surface area contributed by atoms with Crippen LogP contribution < -0.4 is 5.69 Å². The van der Waals surface area contributed by atoms with Crippen molar-refractivity contribution in [3.05, 3.63) is 63.4 Å². The van der Waals surface area contributed by atoms with Crippen molar-refractivity contribution in [2.24, 2.45) is 0 Å². The molecule has 0 aliphatic heterocycles. The fourth-order valence-electron chi connectivity index (χ4n) is 2.62. The van der Waals surface area contributed by atoms with E-state index in [1.165, 1.54) is 4.68 Å². The van der Waals surface area contributed by atoms with Crippen LogP contribution in [0.4, 0.5) is 0 Å². The molecule has 114 valence electrons. The summed E-state index contributed by atoms with van der Waals surface area (Å²) < 4.78 is 3.35. The second-order valence-corrected chi connectivity index (χ2v) is 6.60. The van der Waals surface area contributed by atoms with Crippen LogP contribution in [0.15, 0.2) is 46.6 Å². The van der Waals surface area contributed by atoms with Gasteiger partial charge in [-0.25, -0.2) is 9.48 Å². The van der Waals surface area contributed by atoms with E-state index in [1.54, 1.807) is 23.5 Å². The number of hydrogen-bond donors (Lipinski definition) is 0. The Hall–Kier alpha value is -2.65. The van der Waals surface area contributed by atoms with Gasteiger partial charge in [-0.1, -0.05) is 18.2 Å². The van der Waals surface area contributed by atoms with Crippen LogP contribution in [0, 0.1) is 11.3 Å². The van der Waals surface area contributed by atoms with Gasteiger partial charge in [0.05, 0.1) is 23.1 Å². The predicted molar refractivity (Wildman–Crippen MR) is 88.3 cm³/mol. The van der Waals surface area contributed by atoms with Gasteiger partial charge in [-0.3, -0.25) is 4.57 Å². The van der Waals surface area contributed by atoms with Gasteiger partial charge in [-0.05, 0) is 42.0 Å². The molecule has 0 N–H and O–H groups in total. The van der Waals surface area contributed by atoms with Crippen molar-refractivity contribution in [1.29, 1.82) is 5.26 Å². The van der Waals surface area contributed by atoms with Gasteiger partial charge < -0.3 is 0 Å². The summed E-state index contributed by atoms with van der Waals surface area (Å²) >= 11 is 1.60. The molecule has 6 heteroatoms. The quantitative estimate of drug-likeness (QED) is 0.741. The third-order valence-electron chi connectivity index (χ3n) is 3.94. The van der Waals surface area contributed by atoms with Gasteiger partial charge in [0.25, 0.3) is 0 Å². The summed E-state index contributed by atoms with van der Waals surface area (Å²) in [5.41, 5.74) is 1.52. The van der Waals surface area contributed by atoms with Crippen LogP contribution in [-0.4, -0.2) is 14.3 Å². The van der Waals surface area contributed by atoms with E-state index in [0.29, 0.717) is 12.1 Å². The van der Waals surface area contributed by atoms with Gasteiger partial charge in [-0.2, -0.15) is 5.26 Å². The molecule has 0 saturated heterocycles. The minimum absolute atomic E-state index is 0.0553. The third kappa shape index (κ3) is 2.60. The summed E-state index contributed by atoms with van der Waals surface area (Å²) in [5, 5.41) is 15.4. The van der Waals surface area contributed by atoms with E-state index in [0.717, 1.165) is 29.1 Å². The number of nitrogens with zero attached hydrogens (tertiary/aromatic N) is 4. The number of thiophene rings is 1. The van der Waals surface area contributed by atoms with E-state index >= 15 is 0 Å². The van der Waals surface area contributed by atoms with Crippen LogP contribution in [0.3, 0.4) is 0 Å². The molecule has 0 atom stereocenters. The van der Waals surface area contributed by atoms with Crippen LogP contribution in [0.1, 0.15) is 30.0 Å². The summed E-state index contributed by atoms with van der Waals surface area (Å²) in [6.07, 6.45) is 2.09. The Morgan fingerprint density at radius 1 is 1.26 bits per heavy atom. The van der Waals surface area contributed by atoms with Crippen molar-refractivity contribution in [2.75, 3.05) is 0 Å². The fourth-order valence-corrected chi connectivity index (χ4v) is 3.32. The van der Waals surface area contributed by atoms with E-state index in [-0.39, 0.29) is 11.7 Å². The maximum Gasteiger partial charge on any atom is 0.346 e. The highest BCUT2D eigenvalue weighted by atomic mass is 32.1. The van der Waals surface area contributed by atoms with E-state index in [4.69, 9.17) is 5.26 Å². The van der Waals surface area contributed by atoms with E-state index in [9.17, 15) is 4.79 Å². The lowest BCUT2D eigenvalue weighted by atomic mass is 10.1. The van der Waals surface area contributed by atoms with Gasteiger partial charge in [0.2, 0.25) is 0 Å². The van der Waals surface area contributed by atoms with Crippen molar-refractivity contribution in [1.82, 2.24) is 14.3 Å². The zero-order valence-corrected chi connectivity index (χ0v) is 13.2. The molecule has 1 aliphatic carbocycles. The Morgan fingerprint density at radius 3 is 2.65 bits per heavy atom. The first-order chi connectivity index (χ1) is 11.3. The summed E-state index contributed by atoms with van der Waals surface area (Å²) in [5.74, 6) is 0.765. The highest BCUT2D eigenvalue weighted by molar-refractivity contribution is 7.13. The molecule has 1 aliphatic rings. The topological polar surface area (TPSA) is 63.6 Å². The van der Waals surface area contributed by atoms with Crippen molar-refractivity contribution < 1.29 is 0 Å². The highest BCUT2D eigenvalue weighted by Gasteiger charge is 2.30. The highest BCUT2D eigenvalue weighted by Crippen LogP contribution is 2.37. The Morgan fingerprint density at radius 2 is 2.04 bits per heavy atom. The first-order valence-electron chi connectivity index (χ1n) is 7.48. The smallest absolute Gasteiger partial charge is 0.271 e. The monoisotopic (exact) mass is 322 g/mol. The molecule has 23 heavy (non-hydrogen) atoms. The molecule has 1 aromatic carbocycles. The predicted octanol–water partition coefficient (Wildman–Crippen LogP) is 3.03. The average Bonchev–Trinajstić information content (AvgIpc) is 3.15. The maximum absolute atomic E-state index is 12.7. The minimum atomic E-state index is -0.0553. The molecule has 0 amide bonds. The molecule has 2 aromatic heterocycles. The van der Waals surface area contributed by atoms with Crippen molar-refractivity contribution in [3.8, 4) is 16.8 Å². The van der Waals surface area contributed by atoms with Gasteiger partial charge in [-0.15, -0.1) is 16.4 Å². The molecule has 0 radical (unpaired) electrons. The van der Waals surface area contributed by atoms with Crippen LogP contribution in [0.2, 0.25) is 0 Å². The third-order valence-corrected chi connectivity index (χ3v) is 4.81. The molecule has 5 nitrogen and oxygen atoms in total. The average molecular weight is 322 g/mol. The zero-order chi connectivity index (χ0) is 15.8. The fraction of sp³-hybridized carbons (Fsp3) is 0.235. The van der Waals surface area contributed by atoms with Crippen LogP contribution in [0.5, 0.6) is 0 Å². The zero-order valence-electron chi connectivity index (χ0n) is 12.3. The maximum atomic E-state index is 12.7. The molecular weight excluding hydrogens is 308 g/mol. The molecule has 1 fully saturated rings. The first-order valence-corrected chi connectivity index (χ1v) is 8.36. The Labute approximate surface area is 137 Å². The largest absolute Gasteiger partial charge is 0.346 e. The lowest BCUT2D eigenvalue weighted by molar-refractivity contribution is 0.626. The summed E-state index contributed by atoms with van der Waals surface area (Å²) in [6.45, 7) is 0.419. The minimum Gasteiger partial charge on any atom is -0.271 e. The number of aromatic nitrogens is 3. The number of benzene rings is 1. The lowest BCUT2D eigenvalue weighted by Crippen LogP contribution is -2.25. The molecule has 1 saturated carbocycles. The second kappa shape index (κ2) is 5.52. The van der Waals surface area contributed by atoms with Crippen LogP contribution >= 0.6 is 11.3 Å². The van der Waals surface area contributed by atoms with Crippen molar-refractivity contribution in [2.45, 2.75) is 25.4 Å². The van der Waals surface area contributed by atoms with Crippen molar-refractivity contribution in [3.63, 3.8) is 0 Å². The lowest BCUT2D eigenvalue weighted by Gasteiger charge is -2.00. The van der Waals surface area contributed by atoms with Gasteiger partial charge in [0.1, 0.15) is 0 Å². The van der Waals surface area contributed by atoms with Crippen molar-refractivity contribution >= 4 is 11.3 Å². The second-order valence-electron chi connectivity index (χ2n) is 5.65.